The normalized spacial score (nSPS) is 16.0. The fourth-order valence-electron chi connectivity index (χ4n) is 7.82. The minimum atomic E-state index is -0.668. The Labute approximate surface area is 351 Å². The molecular formula is C51H32N6. The Kier molecular flexibility index (Phi) is 4.15. The summed E-state index contributed by atoms with van der Waals surface area (Å²) >= 11 is 0. The fraction of sp³-hybridized carbons (Fsp3) is 0. The zero-order valence-corrected chi connectivity index (χ0v) is 29.3. The SMILES string of the molecule is [2H]c1c([2H])c([2H])c(-n2c3cc(-c4nc(-c5ccccc5-n5c6c([2H])c([2H])c([2H])c([2H])c6c6c([2H])c([2H])c([2H])c([2H])c65)nc(-n5c6ccccc6c6ccccc65)n4)ccc3c3c([2H])c([2H])c([2H])c([2H])c32)c([2H])c1[2H]. The predicted octanol–water partition coefficient (Wildman–Crippen LogP) is 12.5. The summed E-state index contributed by atoms with van der Waals surface area (Å²) in [6.45, 7) is 0. The van der Waals surface area contributed by atoms with Crippen LogP contribution in [0.2, 0.25) is 0 Å². The molecular weight excluding hydrogens is 697 g/mol. The van der Waals surface area contributed by atoms with Gasteiger partial charge >= 0.3 is 0 Å². The zero-order valence-electron chi connectivity index (χ0n) is 46.3. The maximum atomic E-state index is 9.22. The molecule has 0 unspecified atom stereocenters. The first-order valence-corrected chi connectivity index (χ1v) is 17.8. The summed E-state index contributed by atoms with van der Waals surface area (Å²) in [5.74, 6) is 0.0890. The highest BCUT2D eigenvalue weighted by Gasteiger charge is 2.22. The minimum Gasteiger partial charge on any atom is -0.309 e. The Morgan fingerprint density at radius 2 is 0.895 bits per heavy atom. The van der Waals surface area contributed by atoms with Gasteiger partial charge in [0.1, 0.15) is 0 Å². The lowest BCUT2D eigenvalue weighted by molar-refractivity contribution is 0.952. The molecule has 0 spiro atoms. The molecule has 6 nitrogen and oxygen atoms in total. The van der Waals surface area contributed by atoms with E-state index in [0.717, 1.165) is 10.8 Å². The highest BCUT2D eigenvalue weighted by molar-refractivity contribution is 6.12. The standard InChI is InChI=1S/C51H32N6/c1-2-16-34(17-3-1)55-42-24-10-4-22-39(42)40-31-30-33(32-48(40)55)49-52-50(54-51(53-49)57-45-27-13-7-20-37(45)38-21-8-14-28-46(38)57)41-23-9-15-29-47(41)56-43-25-11-5-18-35(43)36-19-6-12-26-44(36)56/h1-32H/i1D,2D,3D,4D,5D,6D,10D,11D,12D,16D,17D,18D,19D,22D,24D,25D,26D. The first-order valence-electron chi connectivity index (χ1n) is 26.3. The van der Waals surface area contributed by atoms with Crippen molar-refractivity contribution in [3.8, 4) is 40.1 Å². The third-order valence-electron chi connectivity index (χ3n) is 10.2. The number of fused-ring (bicyclic) bond motifs is 9. The van der Waals surface area contributed by atoms with Crippen LogP contribution >= 0.6 is 0 Å². The Hall–Kier alpha value is -7.83. The second-order valence-electron chi connectivity index (χ2n) is 13.2. The summed E-state index contributed by atoms with van der Waals surface area (Å²) < 4.78 is 155. The molecule has 4 aromatic heterocycles. The maximum absolute atomic E-state index is 9.22. The molecule has 12 aromatic rings. The fourth-order valence-corrected chi connectivity index (χ4v) is 7.82. The van der Waals surface area contributed by atoms with E-state index in [4.69, 9.17) is 35.5 Å². The third-order valence-corrected chi connectivity index (χ3v) is 10.2. The molecule has 0 aliphatic rings. The molecule has 0 atom stereocenters. The van der Waals surface area contributed by atoms with Crippen LogP contribution in [0.1, 0.15) is 23.3 Å². The van der Waals surface area contributed by atoms with Gasteiger partial charge in [-0.05, 0) is 60.5 Å². The molecule has 8 aromatic carbocycles. The van der Waals surface area contributed by atoms with E-state index in [1.165, 1.54) is 9.13 Å². The van der Waals surface area contributed by atoms with Gasteiger partial charge in [-0.3, -0.25) is 4.57 Å². The Balaban J connectivity index is 1.22. The second-order valence-corrected chi connectivity index (χ2v) is 13.2. The molecule has 0 fully saturated rings. The minimum absolute atomic E-state index is 0.00652. The number of nitrogens with zero attached hydrogens (tertiary/aromatic N) is 6. The van der Waals surface area contributed by atoms with Gasteiger partial charge in [0.15, 0.2) is 11.6 Å². The van der Waals surface area contributed by atoms with Gasteiger partial charge in [-0.15, -0.1) is 0 Å². The third kappa shape index (κ3) is 4.74. The van der Waals surface area contributed by atoms with Crippen molar-refractivity contribution in [3.05, 3.63) is 194 Å². The molecule has 0 saturated carbocycles. The van der Waals surface area contributed by atoms with E-state index >= 15 is 0 Å². The lowest BCUT2D eigenvalue weighted by Crippen LogP contribution is -2.08. The van der Waals surface area contributed by atoms with Crippen LogP contribution in [0.3, 0.4) is 0 Å². The van der Waals surface area contributed by atoms with Gasteiger partial charge in [0, 0.05) is 49.1 Å². The summed E-state index contributed by atoms with van der Waals surface area (Å²) in [4.78, 5) is 15.3. The zero-order chi connectivity index (χ0) is 52.2. The van der Waals surface area contributed by atoms with Gasteiger partial charge < -0.3 is 9.13 Å². The van der Waals surface area contributed by atoms with Crippen LogP contribution in [-0.4, -0.2) is 28.7 Å². The van der Waals surface area contributed by atoms with Gasteiger partial charge in [-0.2, -0.15) is 9.97 Å². The van der Waals surface area contributed by atoms with E-state index in [9.17, 15) is 2.74 Å². The maximum Gasteiger partial charge on any atom is 0.238 e. The second kappa shape index (κ2) is 12.3. The number of aromatic nitrogens is 6. The lowest BCUT2D eigenvalue weighted by Gasteiger charge is -2.15. The summed E-state index contributed by atoms with van der Waals surface area (Å²) in [6.07, 6.45) is 0. The smallest absolute Gasteiger partial charge is 0.238 e. The molecule has 266 valence electrons. The number of hydrogen-bond donors (Lipinski definition) is 0. The van der Waals surface area contributed by atoms with Crippen LogP contribution in [0.15, 0.2) is 194 Å². The van der Waals surface area contributed by atoms with Crippen molar-refractivity contribution in [1.29, 1.82) is 0 Å². The molecule has 0 saturated heterocycles. The first kappa shape index (κ1) is 19.2. The van der Waals surface area contributed by atoms with Crippen molar-refractivity contribution in [3.63, 3.8) is 0 Å². The van der Waals surface area contributed by atoms with E-state index in [0.29, 0.717) is 11.0 Å². The largest absolute Gasteiger partial charge is 0.309 e. The van der Waals surface area contributed by atoms with Crippen LogP contribution in [0.5, 0.6) is 0 Å². The summed E-state index contributed by atoms with van der Waals surface area (Å²) in [5.41, 5.74) is 1.45. The predicted molar refractivity (Wildman–Crippen MR) is 234 cm³/mol. The molecule has 0 aliphatic heterocycles. The number of para-hydroxylation sites is 7. The van der Waals surface area contributed by atoms with Crippen LogP contribution in [0.4, 0.5) is 0 Å². The van der Waals surface area contributed by atoms with Crippen LogP contribution < -0.4 is 0 Å². The summed E-state index contributed by atoms with van der Waals surface area (Å²) in [6, 6.07) is 16.8. The number of benzene rings is 8. The number of rotatable bonds is 5. The molecule has 0 amide bonds. The van der Waals surface area contributed by atoms with Gasteiger partial charge in [0.2, 0.25) is 5.95 Å². The van der Waals surface area contributed by atoms with Crippen molar-refractivity contribution >= 4 is 65.4 Å². The Morgan fingerprint density at radius 3 is 1.58 bits per heavy atom. The topological polar surface area (TPSA) is 53.5 Å². The average molecular weight is 746 g/mol. The van der Waals surface area contributed by atoms with Crippen molar-refractivity contribution < 1.29 is 23.3 Å². The van der Waals surface area contributed by atoms with E-state index in [2.05, 4.69) is 0 Å². The highest BCUT2D eigenvalue weighted by atomic mass is 15.2. The van der Waals surface area contributed by atoms with Gasteiger partial charge in [-0.1, -0.05) is 133 Å². The van der Waals surface area contributed by atoms with Gasteiger partial charge in [0.25, 0.3) is 0 Å². The Bertz CT molecular complexity index is 4380. The molecule has 0 bridgehead atoms. The van der Waals surface area contributed by atoms with Crippen LogP contribution in [0.25, 0.3) is 106 Å². The highest BCUT2D eigenvalue weighted by Crippen LogP contribution is 2.38. The molecule has 57 heavy (non-hydrogen) atoms. The van der Waals surface area contributed by atoms with E-state index in [-0.39, 0.29) is 83.7 Å². The molecule has 6 heteroatoms. The Morgan fingerprint density at radius 1 is 0.368 bits per heavy atom. The monoisotopic (exact) mass is 745 g/mol. The van der Waals surface area contributed by atoms with E-state index in [1.54, 1.807) is 42.5 Å². The molecule has 0 radical (unpaired) electrons. The molecule has 12 rings (SSSR count). The van der Waals surface area contributed by atoms with Crippen molar-refractivity contribution in [2.45, 2.75) is 0 Å². The van der Waals surface area contributed by atoms with Crippen LogP contribution in [-0.2, 0) is 0 Å². The number of hydrogen-bond acceptors (Lipinski definition) is 3. The first-order chi connectivity index (χ1) is 35.3. The average Bonchev–Trinajstić information content (AvgIpc) is 4.10. The van der Waals surface area contributed by atoms with Crippen molar-refractivity contribution in [2.24, 2.45) is 0 Å². The van der Waals surface area contributed by atoms with Crippen LogP contribution in [0, 0.1) is 0 Å². The van der Waals surface area contributed by atoms with Gasteiger partial charge in [0.05, 0.1) is 62.1 Å². The molecule has 0 aliphatic carbocycles. The summed E-state index contributed by atoms with van der Waals surface area (Å²) in [7, 11) is 0. The van der Waals surface area contributed by atoms with E-state index < -0.39 is 103 Å². The summed E-state index contributed by atoms with van der Waals surface area (Å²) in [5, 5.41) is 1.77. The quantitative estimate of drug-likeness (QED) is 0.176. The lowest BCUT2D eigenvalue weighted by atomic mass is 10.1. The van der Waals surface area contributed by atoms with Crippen molar-refractivity contribution in [2.75, 3.05) is 0 Å². The molecule has 4 heterocycles. The molecule has 0 N–H and O–H groups in total. The van der Waals surface area contributed by atoms with E-state index in [1.807, 2.05) is 53.1 Å². The van der Waals surface area contributed by atoms with Crippen molar-refractivity contribution in [1.82, 2.24) is 28.7 Å². The van der Waals surface area contributed by atoms with Gasteiger partial charge in [-0.25, -0.2) is 4.98 Å².